The molecule has 0 aliphatic carbocycles. The third-order valence-electron chi connectivity index (χ3n) is 2.95. The molecule has 0 bridgehead atoms. The molecule has 0 saturated heterocycles. The van der Waals surface area contributed by atoms with Crippen molar-refractivity contribution in [3.8, 4) is 0 Å². The number of hydrogen-bond donors (Lipinski definition) is 1. The third kappa shape index (κ3) is 2.55. The van der Waals surface area contributed by atoms with E-state index in [1.807, 2.05) is 6.92 Å². The first-order valence-corrected chi connectivity index (χ1v) is 6.75. The number of nitrogens with zero attached hydrogens (tertiary/aromatic N) is 1. The minimum absolute atomic E-state index is 0.305. The number of aliphatic hydroxyl groups is 1. The Bertz CT molecular complexity index is 528. The van der Waals surface area contributed by atoms with Gasteiger partial charge in [-0.25, -0.2) is 0 Å². The van der Waals surface area contributed by atoms with Gasteiger partial charge in [-0.05, 0) is 44.5 Å². The Morgan fingerprint density at radius 2 is 2.00 bits per heavy atom. The molecule has 0 saturated carbocycles. The minimum atomic E-state index is -0.305. The smallest absolute Gasteiger partial charge is 0.0553 e. The van der Waals surface area contributed by atoms with Gasteiger partial charge in [-0.1, -0.05) is 15.9 Å². The van der Waals surface area contributed by atoms with E-state index < -0.39 is 0 Å². The van der Waals surface area contributed by atoms with E-state index in [0.29, 0.717) is 12.5 Å². The minimum Gasteiger partial charge on any atom is -0.393 e. The van der Waals surface area contributed by atoms with E-state index in [1.54, 1.807) is 0 Å². The van der Waals surface area contributed by atoms with Crippen LogP contribution in [0.5, 0.6) is 0 Å². The molecule has 0 fully saturated rings. The summed E-state index contributed by atoms with van der Waals surface area (Å²) in [6, 6.07) is 6.76. The summed E-state index contributed by atoms with van der Waals surface area (Å²) in [5, 5.41) is 10.8. The molecule has 1 atom stereocenters. The average Bonchev–Trinajstić information content (AvgIpc) is 2.56. The summed E-state index contributed by atoms with van der Waals surface area (Å²) in [5.41, 5.74) is 2.45. The lowest BCUT2D eigenvalue weighted by Crippen LogP contribution is -2.03. The molecular formula is C14H18BrNO. The van der Waals surface area contributed by atoms with Crippen LogP contribution in [0, 0.1) is 0 Å². The third-order valence-corrected chi connectivity index (χ3v) is 3.44. The molecule has 92 valence electrons. The fourth-order valence-corrected chi connectivity index (χ4v) is 2.57. The Morgan fingerprint density at radius 3 is 2.59 bits per heavy atom. The number of aromatic nitrogens is 1. The molecule has 2 aromatic rings. The Labute approximate surface area is 110 Å². The van der Waals surface area contributed by atoms with Crippen molar-refractivity contribution in [1.29, 1.82) is 0 Å². The zero-order valence-corrected chi connectivity index (χ0v) is 12.0. The molecule has 0 amide bonds. The number of fused-ring (bicyclic) bond motifs is 1. The highest BCUT2D eigenvalue weighted by Gasteiger charge is 2.12. The van der Waals surface area contributed by atoms with Crippen LogP contribution in [0.2, 0.25) is 0 Å². The van der Waals surface area contributed by atoms with Crippen molar-refractivity contribution in [3.05, 3.63) is 34.4 Å². The first-order valence-electron chi connectivity index (χ1n) is 5.96. The van der Waals surface area contributed by atoms with E-state index in [0.717, 1.165) is 4.47 Å². The molecular weight excluding hydrogens is 278 g/mol. The number of halogens is 1. The maximum absolute atomic E-state index is 9.56. The topological polar surface area (TPSA) is 25.2 Å². The average molecular weight is 296 g/mol. The largest absolute Gasteiger partial charge is 0.393 e. The van der Waals surface area contributed by atoms with Gasteiger partial charge in [0.05, 0.1) is 6.10 Å². The summed E-state index contributed by atoms with van der Waals surface area (Å²) in [7, 11) is 0. The summed E-state index contributed by atoms with van der Waals surface area (Å²) in [6.45, 7) is 6.18. The van der Waals surface area contributed by atoms with Crippen LogP contribution in [-0.4, -0.2) is 15.8 Å². The molecule has 2 rings (SSSR count). The van der Waals surface area contributed by atoms with Gasteiger partial charge in [0, 0.05) is 34.0 Å². The quantitative estimate of drug-likeness (QED) is 0.912. The van der Waals surface area contributed by atoms with E-state index in [1.165, 1.54) is 16.5 Å². The Kier molecular flexibility index (Phi) is 3.59. The second-order valence-corrected chi connectivity index (χ2v) is 5.79. The monoisotopic (exact) mass is 295 g/mol. The van der Waals surface area contributed by atoms with Crippen molar-refractivity contribution in [3.63, 3.8) is 0 Å². The van der Waals surface area contributed by atoms with Gasteiger partial charge in [-0.15, -0.1) is 0 Å². The highest BCUT2D eigenvalue weighted by Crippen LogP contribution is 2.28. The lowest BCUT2D eigenvalue weighted by Gasteiger charge is -2.08. The van der Waals surface area contributed by atoms with Crippen LogP contribution in [0.3, 0.4) is 0 Å². The van der Waals surface area contributed by atoms with E-state index in [2.05, 4.69) is 58.7 Å². The summed E-state index contributed by atoms with van der Waals surface area (Å²) in [4.78, 5) is 0. The Morgan fingerprint density at radius 1 is 1.29 bits per heavy atom. The Balaban J connectivity index is 2.62. The van der Waals surface area contributed by atoms with Crippen LogP contribution in [-0.2, 0) is 6.42 Å². The summed E-state index contributed by atoms with van der Waals surface area (Å²) >= 11 is 3.51. The van der Waals surface area contributed by atoms with Gasteiger partial charge in [-0.2, -0.15) is 0 Å². The van der Waals surface area contributed by atoms with Crippen LogP contribution in [0.4, 0.5) is 0 Å². The molecule has 0 aliphatic rings. The molecule has 17 heavy (non-hydrogen) atoms. The van der Waals surface area contributed by atoms with Crippen LogP contribution >= 0.6 is 15.9 Å². The molecule has 1 heterocycles. The number of hydrogen-bond acceptors (Lipinski definition) is 1. The standard InChI is InChI=1S/C14H18BrNO/c1-9(2)16-8-11(6-10(3)17)13-7-12(15)4-5-14(13)16/h4-5,7-10,17H,6H2,1-3H3. The van der Waals surface area contributed by atoms with E-state index >= 15 is 0 Å². The molecule has 1 aromatic carbocycles. The van der Waals surface area contributed by atoms with Crippen LogP contribution in [0.1, 0.15) is 32.4 Å². The van der Waals surface area contributed by atoms with Crippen molar-refractivity contribution >= 4 is 26.8 Å². The predicted molar refractivity (Wildman–Crippen MR) is 75.4 cm³/mol. The molecule has 1 unspecified atom stereocenters. The molecule has 1 N–H and O–H groups in total. The van der Waals surface area contributed by atoms with Gasteiger partial charge in [0.25, 0.3) is 0 Å². The zero-order valence-electron chi connectivity index (χ0n) is 10.4. The first-order chi connectivity index (χ1) is 7.99. The van der Waals surface area contributed by atoms with Gasteiger partial charge in [0.15, 0.2) is 0 Å². The molecule has 3 heteroatoms. The second-order valence-electron chi connectivity index (χ2n) is 4.87. The van der Waals surface area contributed by atoms with Crippen molar-refractivity contribution in [2.24, 2.45) is 0 Å². The summed E-state index contributed by atoms with van der Waals surface area (Å²) in [6.07, 6.45) is 2.56. The lowest BCUT2D eigenvalue weighted by atomic mass is 10.1. The van der Waals surface area contributed by atoms with Crippen LogP contribution in [0.25, 0.3) is 10.9 Å². The number of aliphatic hydroxyl groups excluding tert-OH is 1. The highest BCUT2D eigenvalue weighted by molar-refractivity contribution is 9.10. The number of rotatable bonds is 3. The highest BCUT2D eigenvalue weighted by atomic mass is 79.9. The van der Waals surface area contributed by atoms with Crippen molar-refractivity contribution < 1.29 is 5.11 Å². The van der Waals surface area contributed by atoms with Gasteiger partial charge in [-0.3, -0.25) is 0 Å². The SMILES string of the molecule is CC(O)Cc1cn(C(C)C)c2ccc(Br)cc12. The molecule has 1 aromatic heterocycles. The van der Waals surface area contributed by atoms with Crippen molar-refractivity contribution in [2.75, 3.05) is 0 Å². The van der Waals surface area contributed by atoms with Gasteiger partial charge < -0.3 is 9.67 Å². The maximum Gasteiger partial charge on any atom is 0.0553 e. The van der Waals surface area contributed by atoms with Gasteiger partial charge in [0.1, 0.15) is 0 Å². The fourth-order valence-electron chi connectivity index (χ4n) is 2.21. The number of benzene rings is 1. The first kappa shape index (κ1) is 12.7. The van der Waals surface area contributed by atoms with E-state index in [4.69, 9.17) is 0 Å². The van der Waals surface area contributed by atoms with Crippen molar-refractivity contribution in [1.82, 2.24) is 4.57 Å². The molecule has 0 aliphatic heterocycles. The maximum atomic E-state index is 9.56. The molecule has 2 nitrogen and oxygen atoms in total. The predicted octanol–water partition coefficient (Wildman–Crippen LogP) is 3.91. The van der Waals surface area contributed by atoms with Crippen LogP contribution in [0.15, 0.2) is 28.9 Å². The molecule has 0 radical (unpaired) electrons. The van der Waals surface area contributed by atoms with Gasteiger partial charge >= 0.3 is 0 Å². The van der Waals surface area contributed by atoms with Crippen molar-refractivity contribution in [2.45, 2.75) is 39.3 Å². The molecule has 0 spiro atoms. The summed E-state index contributed by atoms with van der Waals surface area (Å²) in [5.74, 6) is 0. The fraction of sp³-hybridized carbons (Fsp3) is 0.429. The second kappa shape index (κ2) is 4.83. The lowest BCUT2D eigenvalue weighted by molar-refractivity contribution is 0.196. The normalized spacial score (nSPS) is 13.5. The zero-order chi connectivity index (χ0) is 12.6. The van der Waals surface area contributed by atoms with Crippen LogP contribution < -0.4 is 0 Å². The van der Waals surface area contributed by atoms with E-state index in [-0.39, 0.29) is 6.10 Å². The van der Waals surface area contributed by atoms with E-state index in [9.17, 15) is 5.11 Å². The summed E-state index contributed by atoms with van der Waals surface area (Å²) < 4.78 is 3.35. The Hall–Kier alpha value is -0.800. The van der Waals surface area contributed by atoms with Gasteiger partial charge in [0.2, 0.25) is 0 Å².